The van der Waals surface area contributed by atoms with Crippen molar-refractivity contribution >= 4 is 23.8 Å². The molecule has 0 saturated heterocycles. The summed E-state index contributed by atoms with van der Waals surface area (Å²) in [6.45, 7) is 1.40. The molecule has 0 unspecified atom stereocenters. The maximum Gasteiger partial charge on any atom is 0.416 e. The minimum absolute atomic E-state index is 0.110. The highest BCUT2D eigenvalue weighted by atomic mass is 19.4. The van der Waals surface area contributed by atoms with Gasteiger partial charge in [-0.3, -0.25) is 4.79 Å². The number of aliphatic imine (C=N–C) groups is 1. The van der Waals surface area contributed by atoms with Gasteiger partial charge < -0.3 is 9.57 Å². The fourth-order valence-electron chi connectivity index (χ4n) is 2.43. The van der Waals surface area contributed by atoms with Gasteiger partial charge in [0.25, 0.3) is 0 Å². The highest BCUT2D eigenvalue weighted by Gasteiger charge is 2.30. The van der Waals surface area contributed by atoms with E-state index in [9.17, 15) is 22.8 Å². The third kappa shape index (κ3) is 5.74. The molecule has 152 valence electrons. The molecule has 0 aliphatic rings. The molecule has 0 fully saturated rings. The van der Waals surface area contributed by atoms with Crippen molar-refractivity contribution in [2.45, 2.75) is 19.7 Å². The number of nitrogens with zero attached hydrogens (tertiary/aromatic N) is 2. The van der Waals surface area contributed by atoms with Gasteiger partial charge in [0, 0.05) is 11.1 Å². The number of carbonyl (C=O) groups excluding carboxylic acids is 2. The van der Waals surface area contributed by atoms with Crippen molar-refractivity contribution in [2.75, 3.05) is 7.11 Å². The molecule has 29 heavy (non-hydrogen) atoms. The number of ether oxygens (including phenoxy) is 1. The Morgan fingerprint density at radius 2 is 1.86 bits per heavy atom. The van der Waals surface area contributed by atoms with E-state index in [-0.39, 0.29) is 30.0 Å². The van der Waals surface area contributed by atoms with E-state index in [1.165, 1.54) is 19.1 Å². The molecule has 9 heteroatoms. The molecule has 2 aromatic rings. The Labute approximate surface area is 164 Å². The molecule has 0 N–H and O–H groups in total. The highest BCUT2D eigenvalue weighted by Crippen LogP contribution is 2.29. The Bertz CT molecular complexity index is 953. The lowest BCUT2D eigenvalue weighted by atomic mass is 10.0. The van der Waals surface area contributed by atoms with Gasteiger partial charge in [-0.1, -0.05) is 41.6 Å². The van der Waals surface area contributed by atoms with Gasteiger partial charge in [-0.15, -0.1) is 0 Å². The summed E-state index contributed by atoms with van der Waals surface area (Å²) in [6, 6.07) is 11.2. The number of halogens is 3. The summed E-state index contributed by atoms with van der Waals surface area (Å²) in [5, 5.41) is 3.85. The Kier molecular flexibility index (Phi) is 7.24. The molecule has 0 aliphatic heterocycles. The quantitative estimate of drug-likeness (QED) is 0.304. The number of hydrogen-bond acceptors (Lipinski definition) is 5. The van der Waals surface area contributed by atoms with Crippen molar-refractivity contribution in [2.24, 2.45) is 10.1 Å². The number of esters is 1. The topological polar surface area (TPSA) is 77.3 Å². The summed E-state index contributed by atoms with van der Waals surface area (Å²) >= 11 is 0. The molecule has 0 spiro atoms. The van der Waals surface area contributed by atoms with E-state index in [0.29, 0.717) is 11.1 Å². The molecular weight excluding hydrogens is 389 g/mol. The van der Waals surface area contributed by atoms with E-state index in [0.717, 1.165) is 19.2 Å². The predicted molar refractivity (Wildman–Crippen MR) is 99.5 cm³/mol. The summed E-state index contributed by atoms with van der Waals surface area (Å²) in [5.74, 6) is -0.798. The average Bonchev–Trinajstić information content (AvgIpc) is 2.71. The third-order valence-corrected chi connectivity index (χ3v) is 3.86. The maximum atomic E-state index is 12.8. The number of methoxy groups -OCH3 is 1. The number of rotatable bonds is 7. The van der Waals surface area contributed by atoms with Gasteiger partial charge in [0.05, 0.1) is 18.4 Å². The molecule has 0 heterocycles. The second kappa shape index (κ2) is 9.63. The molecule has 0 bridgehead atoms. The van der Waals surface area contributed by atoms with Crippen LogP contribution in [0, 0.1) is 0 Å². The largest absolute Gasteiger partial charge is 0.464 e. The standard InChI is InChI=1S/C20H17F3N2O4/c1-13(14-7-5-8-16(10-14)20(21,22)23)25-29-11-15-6-3-4-9-17(15)18(24-12-26)19(27)28-2/h3-10,12H,11H2,1-2H3/b24-18?,25-13+. The second-order valence-electron chi connectivity index (χ2n) is 5.76. The Balaban J connectivity index is 2.22. The van der Waals surface area contributed by atoms with Crippen LogP contribution >= 0.6 is 0 Å². The van der Waals surface area contributed by atoms with Crippen LogP contribution in [0.4, 0.5) is 13.2 Å². The zero-order valence-electron chi connectivity index (χ0n) is 15.6. The Morgan fingerprint density at radius 1 is 1.14 bits per heavy atom. The summed E-state index contributed by atoms with van der Waals surface area (Å²) < 4.78 is 43.1. The number of benzene rings is 2. The van der Waals surface area contributed by atoms with Crippen LogP contribution in [-0.2, 0) is 31.9 Å². The molecule has 6 nitrogen and oxygen atoms in total. The Morgan fingerprint density at radius 3 is 2.52 bits per heavy atom. The first-order chi connectivity index (χ1) is 13.8. The Hall–Kier alpha value is -3.49. The lowest BCUT2D eigenvalue weighted by molar-refractivity contribution is -0.137. The fourth-order valence-corrected chi connectivity index (χ4v) is 2.43. The van der Waals surface area contributed by atoms with E-state index < -0.39 is 17.7 Å². The predicted octanol–water partition coefficient (Wildman–Crippen LogP) is 3.76. The number of alkyl halides is 3. The van der Waals surface area contributed by atoms with Gasteiger partial charge in [-0.05, 0) is 24.6 Å². The highest BCUT2D eigenvalue weighted by molar-refractivity contribution is 6.44. The monoisotopic (exact) mass is 406 g/mol. The van der Waals surface area contributed by atoms with Crippen molar-refractivity contribution in [3.63, 3.8) is 0 Å². The number of carbonyl (C=O) groups is 2. The van der Waals surface area contributed by atoms with Gasteiger partial charge in [-0.25, -0.2) is 9.79 Å². The van der Waals surface area contributed by atoms with Crippen molar-refractivity contribution in [3.8, 4) is 0 Å². The van der Waals surface area contributed by atoms with Gasteiger partial charge >= 0.3 is 12.1 Å². The lowest BCUT2D eigenvalue weighted by Gasteiger charge is -2.10. The van der Waals surface area contributed by atoms with Crippen LogP contribution in [-0.4, -0.2) is 30.9 Å². The summed E-state index contributed by atoms with van der Waals surface area (Å²) in [7, 11) is 1.16. The molecule has 0 saturated carbocycles. The van der Waals surface area contributed by atoms with E-state index in [1.807, 2.05) is 0 Å². The van der Waals surface area contributed by atoms with Crippen LogP contribution in [0.3, 0.4) is 0 Å². The first-order valence-corrected chi connectivity index (χ1v) is 8.30. The lowest BCUT2D eigenvalue weighted by Crippen LogP contribution is -2.19. The van der Waals surface area contributed by atoms with Gasteiger partial charge in [0.1, 0.15) is 6.61 Å². The fraction of sp³-hybridized carbons (Fsp3) is 0.200. The zero-order chi connectivity index (χ0) is 21.4. The minimum atomic E-state index is -4.46. The van der Waals surface area contributed by atoms with Gasteiger partial charge in [-0.2, -0.15) is 13.2 Å². The van der Waals surface area contributed by atoms with Crippen molar-refractivity contribution < 1.29 is 32.3 Å². The normalized spacial score (nSPS) is 12.4. The zero-order valence-corrected chi connectivity index (χ0v) is 15.6. The van der Waals surface area contributed by atoms with Crippen molar-refractivity contribution in [1.29, 1.82) is 0 Å². The molecule has 0 aromatic heterocycles. The van der Waals surface area contributed by atoms with Crippen LogP contribution in [0.1, 0.15) is 29.2 Å². The van der Waals surface area contributed by atoms with E-state index in [1.54, 1.807) is 24.3 Å². The molecule has 2 aromatic carbocycles. The van der Waals surface area contributed by atoms with Crippen LogP contribution in [0.5, 0.6) is 0 Å². The summed E-state index contributed by atoms with van der Waals surface area (Å²) in [6.07, 6.45) is -4.24. The summed E-state index contributed by atoms with van der Waals surface area (Å²) in [5.41, 5.74) is 0.314. The summed E-state index contributed by atoms with van der Waals surface area (Å²) in [4.78, 5) is 31.4. The molecular formula is C20H17F3N2O4. The first-order valence-electron chi connectivity index (χ1n) is 8.30. The van der Waals surface area contributed by atoms with Crippen LogP contribution < -0.4 is 0 Å². The second-order valence-corrected chi connectivity index (χ2v) is 5.76. The number of oxime groups is 1. The third-order valence-electron chi connectivity index (χ3n) is 3.86. The van der Waals surface area contributed by atoms with E-state index >= 15 is 0 Å². The van der Waals surface area contributed by atoms with Crippen LogP contribution in [0.2, 0.25) is 0 Å². The van der Waals surface area contributed by atoms with Crippen LogP contribution in [0.25, 0.3) is 0 Å². The molecule has 2 rings (SSSR count). The van der Waals surface area contributed by atoms with E-state index in [2.05, 4.69) is 14.9 Å². The first kappa shape index (κ1) is 21.8. The molecule has 0 aliphatic carbocycles. The van der Waals surface area contributed by atoms with Crippen LogP contribution in [0.15, 0.2) is 58.7 Å². The van der Waals surface area contributed by atoms with Gasteiger partial charge in [0.15, 0.2) is 5.71 Å². The number of amides is 1. The van der Waals surface area contributed by atoms with E-state index in [4.69, 9.17) is 4.84 Å². The smallest absolute Gasteiger partial charge is 0.416 e. The number of hydrogen-bond donors (Lipinski definition) is 0. The maximum absolute atomic E-state index is 12.8. The molecule has 0 atom stereocenters. The average molecular weight is 406 g/mol. The minimum Gasteiger partial charge on any atom is -0.464 e. The molecule has 1 amide bonds. The van der Waals surface area contributed by atoms with Crippen molar-refractivity contribution in [1.82, 2.24) is 0 Å². The van der Waals surface area contributed by atoms with Crippen molar-refractivity contribution in [3.05, 3.63) is 70.8 Å². The molecule has 0 radical (unpaired) electrons. The SMILES string of the molecule is COC(=O)C(=NC=O)c1ccccc1CO/N=C(\C)c1cccc(C(F)(F)F)c1. The van der Waals surface area contributed by atoms with Gasteiger partial charge in [0.2, 0.25) is 6.41 Å².